The fraction of sp³-hybridized carbons (Fsp3) is 0.346. The van der Waals surface area contributed by atoms with Crippen LogP contribution in [0.25, 0.3) is 11.3 Å². The van der Waals surface area contributed by atoms with Gasteiger partial charge in [0, 0.05) is 24.1 Å². The van der Waals surface area contributed by atoms with Gasteiger partial charge in [-0.15, -0.1) is 0 Å². The lowest BCUT2D eigenvalue weighted by Gasteiger charge is -2.07. The highest BCUT2D eigenvalue weighted by molar-refractivity contribution is 5.93. The van der Waals surface area contributed by atoms with Crippen molar-refractivity contribution in [1.82, 2.24) is 4.98 Å². The van der Waals surface area contributed by atoms with Gasteiger partial charge in [-0.25, -0.2) is 9.78 Å². The number of carbonyl (C=O) groups is 2. The van der Waals surface area contributed by atoms with E-state index in [0.29, 0.717) is 41.8 Å². The summed E-state index contributed by atoms with van der Waals surface area (Å²) in [5.74, 6) is 1.19. The molecular weight excluding hydrogens is 404 g/mol. The zero-order chi connectivity index (χ0) is 22.9. The number of anilines is 1. The van der Waals surface area contributed by atoms with Crippen LogP contribution in [0.5, 0.6) is 0 Å². The molecule has 0 aliphatic rings. The Kier molecular flexibility index (Phi) is 8.20. The molecule has 1 amide bonds. The molecule has 0 aliphatic carbocycles. The number of aryl methyl sites for hydroxylation is 1. The lowest BCUT2D eigenvalue weighted by molar-refractivity contribution is -0.116. The maximum atomic E-state index is 12.3. The summed E-state index contributed by atoms with van der Waals surface area (Å²) >= 11 is 0. The first-order valence-corrected chi connectivity index (χ1v) is 11.1. The van der Waals surface area contributed by atoms with Crippen LogP contribution in [-0.4, -0.2) is 23.5 Å². The average molecular weight is 435 g/mol. The Labute approximate surface area is 189 Å². The van der Waals surface area contributed by atoms with Crippen LogP contribution in [0.3, 0.4) is 0 Å². The first-order chi connectivity index (χ1) is 15.5. The summed E-state index contributed by atoms with van der Waals surface area (Å²) in [5.41, 5.74) is 3.32. The molecule has 1 aromatic heterocycles. The Morgan fingerprint density at radius 1 is 1.06 bits per heavy atom. The summed E-state index contributed by atoms with van der Waals surface area (Å²) in [6, 6.07) is 14.9. The van der Waals surface area contributed by atoms with Crippen LogP contribution in [-0.2, 0) is 16.0 Å². The Hall–Kier alpha value is -3.41. The Morgan fingerprint density at radius 2 is 1.78 bits per heavy atom. The molecule has 1 heterocycles. The molecule has 6 heteroatoms. The van der Waals surface area contributed by atoms with Crippen LogP contribution < -0.4 is 5.32 Å². The molecule has 32 heavy (non-hydrogen) atoms. The number of rotatable bonds is 10. The molecule has 1 N–H and O–H groups in total. The fourth-order valence-electron chi connectivity index (χ4n) is 3.12. The smallest absolute Gasteiger partial charge is 0.338 e. The SMILES string of the molecule is CCCCOC(=O)c1ccc(NC(=O)CCc2ncc(-c3ccc(C(C)C)cc3)o2)cc1. The van der Waals surface area contributed by atoms with E-state index < -0.39 is 0 Å². The monoisotopic (exact) mass is 434 g/mol. The van der Waals surface area contributed by atoms with E-state index in [4.69, 9.17) is 9.15 Å². The summed E-state index contributed by atoms with van der Waals surface area (Å²) < 4.78 is 11.0. The number of benzene rings is 2. The topological polar surface area (TPSA) is 81.4 Å². The van der Waals surface area contributed by atoms with E-state index in [1.807, 2.05) is 19.1 Å². The number of nitrogens with one attached hydrogen (secondary N) is 1. The standard InChI is InChI=1S/C26H30N2O4/c1-4-5-16-31-26(30)21-10-12-22(13-11-21)28-24(29)14-15-25-27-17-23(32-25)20-8-6-19(7-9-20)18(2)3/h6-13,17-18H,4-5,14-16H2,1-3H3,(H,28,29). The third-order valence-electron chi connectivity index (χ3n) is 5.12. The lowest BCUT2D eigenvalue weighted by Crippen LogP contribution is -2.12. The highest BCUT2D eigenvalue weighted by Gasteiger charge is 2.11. The Morgan fingerprint density at radius 3 is 2.44 bits per heavy atom. The molecule has 0 fully saturated rings. The van der Waals surface area contributed by atoms with Gasteiger partial charge in [0.15, 0.2) is 11.7 Å². The number of hydrogen-bond donors (Lipinski definition) is 1. The minimum absolute atomic E-state index is 0.149. The molecule has 0 radical (unpaired) electrons. The van der Waals surface area contributed by atoms with Crippen molar-refractivity contribution >= 4 is 17.6 Å². The fourth-order valence-corrected chi connectivity index (χ4v) is 3.12. The quantitative estimate of drug-likeness (QED) is 0.313. The van der Waals surface area contributed by atoms with E-state index in [1.54, 1.807) is 30.5 Å². The van der Waals surface area contributed by atoms with Crippen molar-refractivity contribution in [2.75, 3.05) is 11.9 Å². The molecule has 0 bridgehead atoms. The Balaban J connectivity index is 1.48. The summed E-state index contributed by atoms with van der Waals surface area (Å²) in [6.45, 7) is 6.77. The van der Waals surface area contributed by atoms with Gasteiger partial charge in [0.1, 0.15) is 0 Å². The van der Waals surface area contributed by atoms with Crippen molar-refractivity contribution in [3.63, 3.8) is 0 Å². The van der Waals surface area contributed by atoms with Crippen molar-refractivity contribution in [3.05, 3.63) is 71.7 Å². The highest BCUT2D eigenvalue weighted by Crippen LogP contribution is 2.24. The van der Waals surface area contributed by atoms with Crippen LogP contribution in [0.15, 0.2) is 59.1 Å². The molecular formula is C26H30N2O4. The van der Waals surface area contributed by atoms with Crippen molar-refractivity contribution in [2.45, 2.75) is 52.4 Å². The minimum atomic E-state index is -0.352. The van der Waals surface area contributed by atoms with Crippen LogP contribution in [0, 0.1) is 0 Å². The van der Waals surface area contributed by atoms with Gasteiger partial charge in [0.25, 0.3) is 0 Å². The van der Waals surface area contributed by atoms with Gasteiger partial charge in [0.05, 0.1) is 18.4 Å². The number of amides is 1. The first kappa shape index (κ1) is 23.3. The maximum Gasteiger partial charge on any atom is 0.338 e. The summed E-state index contributed by atoms with van der Waals surface area (Å²) in [6.07, 6.45) is 4.15. The maximum absolute atomic E-state index is 12.3. The van der Waals surface area contributed by atoms with E-state index >= 15 is 0 Å². The summed E-state index contributed by atoms with van der Waals surface area (Å²) in [5, 5.41) is 2.83. The minimum Gasteiger partial charge on any atom is -0.462 e. The van der Waals surface area contributed by atoms with Crippen molar-refractivity contribution < 1.29 is 18.7 Å². The first-order valence-electron chi connectivity index (χ1n) is 11.1. The van der Waals surface area contributed by atoms with Gasteiger partial charge in [-0.05, 0) is 42.2 Å². The number of carbonyl (C=O) groups excluding carboxylic acids is 2. The van der Waals surface area contributed by atoms with Crippen LogP contribution >= 0.6 is 0 Å². The van der Waals surface area contributed by atoms with E-state index in [2.05, 4.69) is 36.3 Å². The molecule has 0 aliphatic heterocycles. The average Bonchev–Trinajstić information content (AvgIpc) is 3.27. The molecule has 0 atom stereocenters. The zero-order valence-corrected chi connectivity index (χ0v) is 18.9. The molecule has 0 saturated heterocycles. The molecule has 0 spiro atoms. The van der Waals surface area contributed by atoms with Crippen LogP contribution in [0.1, 0.15) is 67.8 Å². The zero-order valence-electron chi connectivity index (χ0n) is 18.9. The summed E-state index contributed by atoms with van der Waals surface area (Å²) in [7, 11) is 0. The second-order valence-electron chi connectivity index (χ2n) is 8.01. The third-order valence-corrected chi connectivity index (χ3v) is 5.12. The predicted octanol–water partition coefficient (Wildman–Crippen LogP) is 5.99. The number of ether oxygens (including phenoxy) is 1. The van der Waals surface area contributed by atoms with E-state index in [1.165, 1.54) is 5.56 Å². The molecule has 0 unspecified atom stereocenters. The number of hydrogen-bond acceptors (Lipinski definition) is 5. The molecule has 3 aromatic rings. The predicted molar refractivity (Wildman–Crippen MR) is 125 cm³/mol. The van der Waals surface area contributed by atoms with Gasteiger partial charge in [-0.1, -0.05) is 51.5 Å². The van der Waals surface area contributed by atoms with Crippen LogP contribution in [0.4, 0.5) is 5.69 Å². The molecule has 168 valence electrons. The second-order valence-corrected chi connectivity index (χ2v) is 8.01. The van der Waals surface area contributed by atoms with Crippen molar-refractivity contribution in [3.8, 4) is 11.3 Å². The number of esters is 1. The second kappa shape index (κ2) is 11.3. The number of oxazole rings is 1. The molecule has 0 saturated carbocycles. The van der Waals surface area contributed by atoms with Crippen LogP contribution in [0.2, 0.25) is 0 Å². The van der Waals surface area contributed by atoms with Gasteiger partial charge in [-0.2, -0.15) is 0 Å². The number of nitrogens with zero attached hydrogens (tertiary/aromatic N) is 1. The third kappa shape index (κ3) is 6.54. The number of aromatic nitrogens is 1. The van der Waals surface area contributed by atoms with Crippen molar-refractivity contribution in [2.24, 2.45) is 0 Å². The normalized spacial score (nSPS) is 10.9. The van der Waals surface area contributed by atoms with Gasteiger partial charge in [-0.3, -0.25) is 4.79 Å². The Bertz CT molecular complexity index is 1020. The molecule has 3 rings (SSSR count). The molecule has 2 aromatic carbocycles. The molecule has 6 nitrogen and oxygen atoms in total. The van der Waals surface area contributed by atoms with E-state index in [9.17, 15) is 9.59 Å². The van der Waals surface area contributed by atoms with Gasteiger partial charge in [0.2, 0.25) is 5.91 Å². The van der Waals surface area contributed by atoms with E-state index in [0.717, 1.165) is 18.4 Å². The van der Waals surface area contributed by atoms with Gasteiger partial charge >= 0.3 is 5.97 Å². The highest BCUT2D eigenvalue weighted by atomic mass is 16.5. The van der Waals surface area contributed by atoms with E-state index in [-0.39, 0.29) is 18.3 Å². The number of unbranched alkanes of at least 4 members (excludes halogenated alkanes) is 1. The lowest BCUT2D eigenvalue weighted by atomic mass is 10.0. The van der Waals surface area contributed by atoms with Gasteiger partial charge < -0.3 is 14.5 Å². The largest absolute Gasteiger partial charge is 0.462 e. The summed E-state index contributed by atoms with van der Waals surface area (Å²) in [4.78, 5) is 28.5. The van der Waals surface area contributed by atoms with Crippen molar-refractivity contribution in [1.29, 1.82) is 0 Å².